The van der Waals surface area contributed by atoms with E-state index in [1.54, 1.807) is 13.8 Å². The lowest BCUT2D eigenvalue weighted by Crippen LogP contribution is -2.52. The number of halogens is 3. The summed E-state index contributed by atoms with van der Waals surface area (Å²) in [6.45, 7) is 3.38. The Kier molecular flexibility index (Phi) is 6.58. The summed E-state index contributed by atoms with van der Waals surface area (Å²) in [6, 6.07) is 1.80. The van der Waals surface area contributed by atoms with E-state index in [1.807, 2.05) is 0 Å². The zero-order chi connectivity index (χ0) is 21.1. The van der Waals surface area contributed by atoms with Crippen molar-refractivity contribution in [3.63, 3.8) is 0 Å². The number of hydrogen-bond acceptors (Lipinski definition) is 4. The normalized spacial score (nSPS) is 19.9. The second-order valence-corrected chi connectivity index (χ2v) is 9.23. The van der Waals surface area contributed by atoms with Crippen molar-refractivity contribution in [3.8, 4) is 0 Å². The van der Waals surface area contributed by atoms with Gasteiger partial charge < -0.3 is 16.0 Å². The zero-order valence-corrected chi connectivity index (χ0v) is 16.2. The second kappa shape index (κ2) is 8.38. The molecule has 7 nitrogen and oxygen atoms in total. The smallest absolute Gasteiger partial charge is 0.334 e. The predicted octanol–water partition coefficient (Wildman–Crippen LogP) is 2.15. The molecule has 0 spiro atoms. The number of alkyl halides is 3. The Morgan fingerprint density at radius 3 is 2.21 bits per heavy atom. The summed E-state index contributed by atoms with van der Waals surface area (Å²) in [5.74, 6) is -1.05. The van der Waals surface area contributed by atoms with Crippen molar-refractivity contribution in [1.82, 2.24) is 10.6 Å². The number of rotatable bonds is 5. The minimum Gasteiger partial charge on any atom is -0.334 e. The molecule has 1 saturated heterocycles. The zero-order valence-electron chi connectivity index (χ0n) is 15.3. The van der Waals surface area contributed by atoms with Crippen LogP contribution in [-0.2, 0) is 20.8 Å². The Balaban J connectivity index is 1.97. The highest BCUT2D eigenvalue weighted by molar-refractivity contribution is 7.91. The average Bonchev–Trinajstić information content (AvgIpc) is 2.90. The van der Waals surface area contributed by atoms with Crippen molar-refractivity contribution in [3.05, 3.63) is 29.8 Å². The molecule has 1 aliphatic heterocycles. The van der Waals surface area contributed by atoms with Gasteiger partial charge in [-0.05, 0) is 36.6 Å². The van der Waals surface area contributed by atoms with Crippen LogP contribution in [0.15, 0.2) is 24.3 Å². The molecular weight excluding hydrogens is 399 g/mol. The standard InChI is InChI=1S/C17H22F3N3O4S/c1-10(2)14(23-16(25)22-13-7-8-28(26,27)9-13)15(24)21-12-5-3-11(4-6-12)17(18,19)20/h3-6,10,13-14H,7-9H2,1-2H3,(H,21,24)(H2,22,23,25)/t13-,14-/m0/s1. The molecular formula is C17H22F3N3O4S. The highest BCUT2D eigenvalue weighted by Crippen LogP contribution is 2.29. The van der Waals surface area contributed by atoms with Gasteiger partial charge >= 0.3 is 12.2 Å². The van der Waals surface area contributed by atoms with Gasteiger partial charge in [0.05, 0.1) is 17.1 Å². The van der Waals surface area contributed by atoms with E-state index in [2.05, 4.69) is 16.0 Å². The quantitative estimate of drug-likeness (QED) is 0.678. The molecule has 1 aromatic rings. The highest BCUT2D eigenvalue weighted by Gasteiger charge is 2.32. The topological polar surface area (TPSA) is 104 Å². The summed E-state index contributed by atoms with van der Waals surface area (Å²) in [5.41, 5.74) is -0.678. The molecule has 0 aromatic heterocycles. The number of sulfone groups is 1. The third-order valence-electron chi connectivity index (χ3n) is 4.28. The molecule has 11 heteroatoms. The number of amides is 3. The Morgan fingerprint density at radius 1 is 1.14 bits per heavy atom. The van der Waals surface area contributed by atoms with Crippen LogP contribution >= 0.6 is 0 Å². The fourth-order valence-electron chi connectivity index (χ4n) is 2.77. The van der Waals surface area contributed by atoms with Crippen LogP contribution in [0, 0.1) is 5.92 Å². The molecule has 3 amide bonds. The Labute approximate surface area is 161 Å². The summed E-state index contributed by atoms with van der Waals surface area (Å²) >= 11 is 0. The maximum atomic E-state index is 12.6. The molecule has 0 radical (unpaired) electrons. The summed E-state index contributed by atoms with van der Waals surface area (Å²) in [6.07, 6.45) is -4.17. The van der Waals surface area contributed by atoms with Gasteiger partial charge in [-0.3, -0.25) is 4.79 Å². The minimum atomic E-state index is -4.48. The van der Waals surface area contributed by atoms with Gasteiger partial charge in [0.25, 0.3) is 0 Å². The van der Waals surface area contributed by atoms with Crippen LogP contribution in [0.4, 0.5) is 23.7 Å². The van der Waals surface area contributed by atoms with E-state index in [-0.39, 0.29) is 23.1 Å². The number of urea groups is 1. The van der Waals surface area contributed by atoms with Crippen molar-refractivity contribution in [1.29, 1.82) is 0 Å². The van der Waals surface area contributed by atoms with Crippen LogP contribution in [0.3, 0.4) is 0 Å². The van der Waals surface area contributed by atoms with Crippen LogP contribution in [0.1, 0.15) is 25.8 Å². The lowest BCUT2D eigenvalue weighted by atomic mass is 10.0. The lowest BCUT2D eigenvalue weighted by Gasteiger charge is -2.23. The first-order valence-electron chi connectivity index (χ1n) is 8.63. The molecule has 156 valence electrons. The first-order chi connectivity index (χ1) is 12.9. The van der Waals surface area contributed by atoms with Crippen molar-refractivity contribution in [2.45, 2.75) is 38.5 Å². The van der Waals surface area contributed by atoms with Crippen molar-refractivity contribution in [2.24, 2.45) is 5.92 Å². The van der Waals surface area contributed by atoms with Crippen LogP contribution in [0.2, 0.25) is 0 Å². The van der Waals surface area contributed by atoms with E-state index in [4.69, 9.17) is 0 Å². The third-order valence-corrected chi connectivity index (χ3v) is 6.05. The number of carbonyl (C=O) groups excluding carboxylic acids is 2. The molecule has 0 unspecified atom stereocenters. The molecule has 1 aromatic carbocycles. The monoisotopic (exact) mass is 421 g/mol. The number of carbonyl (C=O) groups is 2. The van der Waals surface area contributed by atoms with Gasteiger partial charge in [-0.1, -0.05) is 13.8 Å². The summed E-state index contributed by atoms with van der Waals surface area (Å²) in [7, 11) is -3.16. The SMILES string of the molecule is CC(C)[C@H](NC(=O)N[C@H]1CCS(=O)(=O)C1)C(=O)Nc1ccc(C(F)(F)F)cc1. The van der Waals surface area contributed by atoms with Crippen LogP contribution in [-0.4, -0.2) is 43.9 Å². The second-order valence-electron chi connectivity index (χ2n) is 7.00. The number of nitrogens with one attached hydrogen (secondary N) is 3. The van der Waals surface area contributed by atoms with Gasteiger partial charge in [0.2, 0.25) is 5.91 Å². The summed E-state index contributed by atoms with van der Waals surface area (Å²) < 4.78 is 60.7. The van der Waals surface area contributed by atoms with E-state index < -0.39 is 45.6 Å². The van der Waals surface area contributed by atoms with Gasteiger partial charge in [0.15, 0.2) is 9.84 Å². The first-order valence-corrected chi connectivity index (χ1v) is 10.4. The molecule has 0 bridgehead atoms. The molecule has 2 atom stereocenters. The fraction of sp³-hybridized carbons (Fsp3) is 0.529. The molecule has 0 aliphatic carbocycles. The summed E-state index contributed by atoms with van der Waals surface area (Å²) in [4.78, 5) is 24.6. The van der Waals surface area contributed by atoms with E-state index in [0.29, 0.717) is 6.42 Å². The van der Waals surface area contributed by atoms with Crippen molar-refractivity contribution < 1.29 is 31.2 Å². The molecule has 1 aliphatic rings. The molecule has 2 rings (SSSR count). The Morgan fingerprint density at radius 2 is 1.75 bits per heavy atom. The largest absolute Gasteiger partial charge is 0.416 e. The van der Waals surface area contributed by atoms with Gasteiger partial charge in [0.1, 0.15) is 6.04 Å². The van der Waals surface area contributed by atoms with E-state index >= 15 is 0 Å². The van der Waals surface area contributed by atoms with Crippen LogP contribution in [0.5, 0.6) is 0 Å². The van der Waals surface area contributed by atoms with Gasteiger partial charge in [-0.25, -0.2) is 13.2 Å². The maximum absolute atomic E-state index is 12.6. The fourth-order valence-corrected chi connectivity index (χ4v) is 4.45. The molecule has 0 saturated carbocycles. The summed E-state index contributed by atoms with van der Waals surface area (Å²) in [5, 5.41) is 7.49. The number of hydrogen-bond donors (Lipinski definition) is 3. The molecule has 1 fully saturated rings. The lowest BCUT2D eigenvalue weighted by molar-refractivity contribution is -0.137. The number of anilines is 1. The van der Waals surface area contributed by atoms with Crippen molar-refractivity contribution >= 4 is 27.5 Å². The molecule has 3 N–H and O–H groups in total. The van der Waals surface area contributed by atoms with Crippen molar-refractivity contribution in [2.75, 3.05) is 16.8 Å². The maximum Gasteiger partial charge on any atom is 0.416 e. The highest BCUT2D eigenvalue weighted by atomic mass is 32.2. The van der Waals surface area contributed by atoms with Gasteiger partial charge in [-0.15, -0.1) is 0 Å². The van der Waals surface area contributed by atoms with E-state index in [9.17, 15) is 31.2 Å². The van der Waals surface area contributed by atoms with Crippen LogP contribution in [0.25, 0.3) is 0 Å². The first kappa shape index (κ1) is 22.0. The molecule has 1 heterocycles. The number of benzene rings is 1. The van der Waals surface area contributed by atoms with E-state index in [1.165, 1.54) is 0 Å². The third kappa shape index (κ3) is 6.11. The van der Waals surface area contributed by atoms with Crippen LogP contribution < -0.4 is 16.0 Å². The average molecular weight is 421 g/mol. The minimum absolute atomic E-state index is 0.0000367. The Hall–Kier alpha value is -2.30. The molecule has 28 heavy (non-hydrogen) atoms. The Bertz CT molecular complexity index is 823. The van der Waals surface area contributed by atoms with E-state index in [0.717, 1.165) is 24.3 Å². The predicted molar refractivity (Wildman–Crippen MR) is 97.4 cm³/mol. The van der Waals surface area contributed by atoms with Gasteiger partial charge in [-0.2, -0.15) is 13.2 Å². The van der Waals surface area contributed by atoms with Gasteiger partial charge in [0, 0.05) is 11.7 Å².